The van der Waals surface area contributed by atoms with Gasteiger partial charge in [-0.15, -0.1) is 0 Å². The van der Waals surface area contributed by atoms with E-state index < -0.39 is 38.4 Å². The van der Waals surface area contributed by atoms with Crippen molar-refractivity contribution < 1.29 is 39.9 Å². The van der Waals surface area contributed by atoms with Crippen LogP contribution in [0.2, 0.25) is 0 Å². The number of carbonyl (C=O) groups excluding carboxylic acids is 1. The summed E-state index contributed by atoms with van der Waals surface area (Å²) in [6.45, 7) is 11.6. The first-order valence-electron chi connectivity index (χ1n) is 13.2. The molecule has 0 radical (unpaired) electrons. The van der Waals surface area contributed by atoms with Crippen molar-refractivity contribution in [2.24, 2.45) is 0 Å². The van der Waals surface area contributed by atoms with Crippen molar-refractivity contribution in [1.29, 1.82) is 0 Å². The van der Waals surface area contributed by atoms with Crippen LogP contribution < -0.4 is 0 Å². The molecule has 0 spiro atoms. The maximum atomic E-state index is 12.4. The van der Waals surface area contributed by atoms with Crippen LogP contribution in [0.4, 0.5) is 0 Å². The molecule has 4 rings (SSSR count). The first-order chi connectivity index (χ1) is 19.6. The van der Waals surface area contributed by atoms with Crippen molar-refractivity contribution in [2.75, 3.05) is 13.1 Å². The lowest BCUT2D eigenvalue weighted by atomic mass is 10.2. The van der Waals surface area contributed by atoms with E-state index in [-0.39, 0.29) is 21.4 Å². The SMILES string of the molecule is CC(C)OS(=O)(=O)c1ccc2[nH]c(C(=O)O)cc2c1.CCN(CC)C(=O)c1cc2cc(S(=O)(=O)OC(C)C)ccc2[nH]1. The zero-order valence-electron chi connectivity index (χ0n) is 24.2. The highest BCUT2D eigenvalue weighted by Gasteiger charge is 2.20. The topological polar surface area (TPSA) is 176 Å². The number of rotatable bonds is 10. The summed E-state index contributed by atoms with van der Waals surface area (Å²) >= 11 is 0. The molecule has 42 heavy (non-hydrogen) atoms. The summed E-state index contributed by atoms with van der Waals surface area (Å²) in [5.41, 5.74) is 1.72. The van der Waals surface area contributed by atoms with Gasteiger partial charge in [0.15, 0.2) is 0 Å². The van der Waals surface area contributed by atoms with E-state index >= 15 is 0 Å². The van der Waals surface area contributed by atoms with E-state index in [1.165, 1.54) is 36.4 Å². The lowest BCUT2D eigenvalue weighted by Crippen LogP contribution is -2.30. The maximum absolute atomic E-state index is 12.4. The molecule has 4 aromatic rings. The first kappa shape index (κ1) is 32.8. The zero-order valence-corrected chi connectivity index (χ0v) is 25.8. The molecule has 0 aliphatic heterocycles. The van der Waals surface area contributed by atoms with Crippen LogP contribution in [0.5, 0.6) is 0 Å². The number of benzene rings is 2. The number of hydrogen-bond donors (Lipinski definition) is 3. The van der Waals surface area contributed by atoms with Crippen molar-refractivity contribution in [3.8, 4) is 0 Å². The fourth-order valence-electron chi connectivity index (χ4n) is 4.06. The van der Waals surface area contributed by atoms with Gasteiger partial charge in [0.05, 0.1) is 22.0 Å². The predicted octanol–water partition coefficient (Wildman–Crippen LogP) is 4.74. The van der Waals surface area contributed by atoms with E-state index in [9.17, 15) is 26.4 Å². The molecule has 0 saturated carbocycles. The highest BCUT2D eigenvalue weighted by Crippen LogP contribution is 2.24. The summed E-state index contributed by atoms with van der Waals surface area (Å²) in [6, 6.07) is 12.0. The second kappa shape index (κ2) is 13.1. The Hall–Kier alpha value is -3.72. The first-order valence-corrected chi connectivity index (χ1v) is 16.0. The Bertz CT molecular complexity index is 1800. The fourth-order valence-corrected chi connectivity index (χ4v) is 6.31. The van der Waals surface area contributed by atoms with Crippen LogP contribution in [0, 0.1) is 0 Å². The van der Waals surface area contributed by atoms with Crippen molar-refractivity contribution in [2.45, 2.75) is 63.5 Å². The smallest absolute Gasteiger partial charge is 0.352 e. The average molecular weight is 622 g/mol. The molecule has 2 aromatic heterocycles. The van der Waals surface area contributed by atoms with E-state index in [4.69, 9.17) is 13.5 Å². The Kier molecular flexibility index (Phi) is 10.2. The maximum Gasteiger partial charge on any atom is 0.352 e. The van der Waals surface area contributed by atoms with Gasteiger partial charge in [-0.2, -0.15) is 16.8 Å². The Morgan fingerprint density at radius 1 is 0.738 bits per heavy atom. The van der Waals surface area contributed by atoms with Crippen molar-refractivity contribution in [1.82, 2.24) is 14.9 Å². The van der Waals surface area contributed by atoms with Crippen LogP contribution in [-0.2, 0) is 28.6 Å². The summed E-state index contributed by atoms with van der Waals surface area (Å²) < 4.78 is 57.9. The number of nitrogens with zero attached hydrogens (tertiary/aromatic N) is 1. The Labute approximate surface area is 244 Å². The normalized spacial score (nSPS) is 12.1. The lowest BCUT2D eigenvalue weighted by Gasteiger charge is -2.17. The molecule has 2 heterocycles. The molecule has 228 valence electrons. The second-order valence-electron chi connectivity index (χ2n) is 9.84. The summed E-state index contributed by atoms with van der Waals surface area (Å²) in [5.74, 6) is -1.20. The van der Waals surface area contributed by atoms with Crippen LogP contribution in [0.3, 0.4) is 0 Å². The molecule has 1 amide bonds. The molecule has 0 aliphatic carbocycles. The van der Waals surface area contributed by atoms with Gasteiger partial charge in [-0.3, -0.25) is 13.2 Å². The van der Waals surface area contributed by atoms with E-state index in [0.29, 0.717) is 40.6 Å². The van der Waals surface area contributed by atoms with Gasteiger partial charge in [-0.25, -0.2) is 4.79 Å². The number of aromatic carboxylic acids is 1. The number of aromatic amines is 2. The summed E-state index contributed by atoms with van der Waals surface area (Å²) in [7, 11) is -7.62. The minimum Gasteiger partial charge on any atom is -0.477 e. The van der Waals surface area contributed by atoms with Crippen LogP contribution in [0.15, 0.2) is 58.3 Å². The Balaban J connectivity index is 0.000000235. The minimum absolute atomic E-state index is 0.00430. The van der Waals surface area contributed by atoms with Gasteiger partial charge >= 0.3 is 5.97 Å². The van der Waals surface area contributed by atoms with E-state index in [2.05, 4.69) is 9.97 Å². The number of fused-ring (bicyclic) bond motifs is 2. The number of nitrogens with one attached hydrogen (secondary N) is 2. The van der Waals surface area contributed by atoms with Gasteiger partial charge in [0.25, 0.3) is 26.1 Å². The minimum atomic E-state index is -3.82. The number of aromatic nitrogens is 2. The van der Waals surface area contributed by atoms with E-state index in [1.54, 1.807) is 44.7 Å². The van der Waals surface area contributed by atoms with Crippen molar-refractivity contribution in [3.05, 3.63) is 59.9 Å². The monoisotopic (exact) mass is 621 g/mol. The molecular formula is C28H35N3O9S2. The molecule has 0 aliphatic rings. The molecule has 0 atom stereocenters. The zero-order chi connectivity index (χ0) is 31.4. The van der Waals surface area contributed by atoms with Crippen molar-refractivity contribution in [3.63, 3.8) is 0 Å². The molecule has 3 N–H and O–H groups in total. The average Bonchev–Trinajstić information content (AvgIpc) is 3.52. The number of carbonyl (C=O) groups is 2. The van der Waals surface area contributed by atoms with Gasteiger partial charge in [-0.05, 0) is 90.1 Å². The Morgan fingerprint density at radius 3 is 1.52 bits per heavy atom. The van der Waals surface area contributed by atoms with Crippen LogP contribution >= 0.6 is 0 Å². The molecule has 2 aromatic carbocycles. The number of carboxylic acid groups (broad SMARTS) is 1. The number of amides is 1. The molecular weight excluding hydrogens is 586 g/mol. The van der Waals surface area contributed by atoms with Gasteiger partial charge in [-0.1, -0.05) is 0 Å². The lowest BCUT2D eigenvalue weighted by molar-refractivity contribution is 0.0690. The summed E-state index contributed by atoms with van der Waals surface area (Å²) in [5, 5.41) is 10.0. The van der Waals surface area contributed by atoms with Crippen LogP contribution in [0.25, 0.3) is 21.8 Å². The van der Waals surface area contributed by atoms with Gasteiger partial charge in [0.1, 0.15) is 11.4 Å². The molecule has 0 saturated heterocycles. The second-order valence-corrected chi connectivity index (χ2v) is 13.0. The molecule has 14 heteroatoms. The molecule has 0 fully saturated rings. The predicted molar refractivity (Wildman–Crippen MR) is 158 cm³/mol. The Morgan fingerprint density at radius 2 is 1.14 bits per heavy atom. The number of hydrogen-bond acceptors (Lipinski definition) is 8. The van der Waals surface area contributed by atoms with Crippen molar-refractivity contribution >= 4 is 53.9 Å². The molecule has 0 bridgehead atoms. The summed E-state index contributed by atoms with van der Waals surface area (Å²) in [4.78, 5) is 30.7. The third kappa shape index (κ3) is 7.76. The highest BCUT2D eigenvalue weighted by atomic mass is 32.2. The fraction of sp³-hybridized carbons (Fsp3) is 0.357. The highest BCUT2D eigenvalue weighted by molar-refractivity contribution is 7.87. The van der Waals surface area contributed by atoms with E-state index in [0.717, 1.165) is 0 Å². The van der Waals surface area contributed by atoms with Crippen LogP contribution in [0.1, 0.15) is 62.5 Å². The number of carboxylic acids is 1. The third-order valence-corrected chi connectivity index (χ3v) is 8.85. The largest absolute Gasteiger partial charge is 0.477 e. The molecule has 12 nitrogen and oxygen atoms in total. The van der Waals surface area contributed by atoms with Gasteiger partial charge in [0, 0.05) is 34.9 Å². The quantitative estimate of drug-likeness (QED) is 0.211. The van der Waals surface area contributed by atoms with Gasteiger partial charge < -0.3 is 20.0 Å². The summed E-state index contributed by atoms with van der Waals surface area (Å²) in [6.07, 6.45) is -0.886. The standard InChI is InChI=1S/C16H22N2O4S.C12H13NO5S/c1-5-18(6-2)16(19)15-10-12-9-13(7-8-14(12)17-15)23(20,21)22-11(3)4;1-7(2)18-19(16,17)9-3-4-10-8(5-9)6-11(13-10)12(14)15/h7-11,17H,5-6H2,1-4H3;3-7,13H,1-2H3,(H,14,15). The van der Waals surface area contributed by atoms with Gasteiger partial charge in [0.2, 0.25) is 0 Å². The molecule has 0 unspecified atom stereocenters. The number of H-pyrrole nitrogens is 2. The third-order valence-electron chi connectivity index (χ3n) is 5.91. The van der Waals surface area contributed by atoms with E-state index in [1.807, 2.05) is 13.8 Å². The van der Waals surface area contributed by atoms with Crippen LogP contribution in [-0.4, -0.2) is 74.0 Å².